The Balaban J connectivity index is 3.02. The topological polar surface area (TPSA) is 20.2 Å². The van der Waals surface area contributed by atoms with E-state index < -0.39 is 0 Å². The summed E-state index contributed by atoms with van der Waals surface area (Å²) in [5.74, 6) is 0.0668. The summed E-state index contributed by atoms with van der Waals surface area (Å²) in [6.45, 7) is 8.08. The molecular weight excluding hydrogens is 166 g/mol. The average molecular weight is 186 g/mol. The molecule has 0 amide bonds. The lowest BCUT2D eigenvalue weighted by molar-refractivity contribution is -0.184. The predicted octanol–water partition coefficient (Wildman–Crippen LogP) is 1.42. The van der Waals surface area contributed by atoms with Gasteiger partial charge in [-0.15, -0.1) is 0 Å². The highest BCUT2D eigenvalue weighted by molar-refractivity contribution is 6.17. The minimum absolute atomic E-state index is 0.0668. The molecule has 3 atom stereocenters. The first kappa shape index (κ1) is 11.0. The molecule has 1 aliphatic rings. The lowest BCUT2D eigenvalue weighted by Gasteiger charge is -2.71. The Hall–Kier alpha value is -0.0451. The summed E-state index contributed by atoms with van der Waals surface area (Å²) in [5, 5.41) is 9.31. The average Bonchev–Trinajstić information content (AvgIpc) is 2.02. The third kappa shape index (κ3) is 0.970. The van der Waals surface area contributed by atoms with Gasteiger partial charge in [-0.05, 0) is 22.1 Å². The van der Waals surface area contributed by atoms with Crippen LogP contribution in [0.4, 0.5) is 4.39 Å². The van der Waals surface area contributed by atoms with Crippen LogP contribution >= 0.6 is 0 Å². The Morgan fingerprint density at radius 2 is 1.77 bits per heavy atom. The fraction of sp³-hybridized carbons (Fsp3) is 1.00. The van der Waals surface area contributed by atoms with E-state index >= 15 is 0 Å². The predicted molar refractivity (Wildman–Crippen MR) is 55.3 cm³/mol. The molecule has 0 spiro atoms. The monoisotopic (exact) mass is 186 g/mol. The lowest BCUT2D eigenvalue weighted by atomic mass is 9.27. The van der Waals surface area contributed by atoms with E-state index in [0.29, 0.717) is 0 Å². The second-order valence-electron chi connectivity index (χ2n) is 5.64. The first-order chi connectivity index (χ1) is 5.75. The highest BCUT2D eigenvalue weighted by atomic mass is 19.1. The minimum Gasteiger partial charge on any atom is -0.396 e. The first-order valence-electron chi connectivity index (χ1n) is 4.92. The van der Waals surface area contributed by atoms with E-state index in [0.717, 1.165) is 0 Å². The molecule has 3 unspecified atom stereocenters. The fourth-order valence-corrected chi connectivity index (χ4v) is 3.22. The summed E-state index contributed by atoms with van der Waals surface area (Å²) in [4.78, 5) is 0. The summed E-state index contributed by atoms with van der Waals surface area (Å²) >= 11 is 0. The van der Waals surface area contributed by atoms with Gasteiger partial charge in [0.1, 0.15) is 7.85 Å². The van der Waals surface area contributed by atoms with E-state index in [1.54, 1.807) is 0 Å². The van der Waals surface area contributed by atoms with Crippen LogP contribution in [-0.4, -0.2) is 26.2 Å². The van der Waals surface area contributed by atoms with Crippen molar-refractivity contribution in [3.05, 3.63) is 0 Å². The smallest absolute Gasteiger partial charge is 0.110 e. The molecular formula is C10H20BFO. The van der Waals surface area contributed by atoms with E-state index in [9.17, 15) is 9.50 Å². The molecule has 76 valence electrons. The maximum absolute atomic E-state index is 12.8. The van der Waals surface area contributed by atoms with Gasteiger partial charge < -0.3 is 5.11 Å². The number of aliphatic hydroxyl groups excluding tert-OH is 1. The Labute approximate surface area is 81.1 Å². The lowest BCUT2D eigenvalue weighted by Crippen LogP contribution is -2.66. The standard InChI is InChI=1S/C10H20BFO/c1-8(2)7(5-12)10(4,11)9(8,3)6-13/h7,13H,5-6,11H2,1-4H3. The molecule has 13 heavy (non-hydrogen) atoms. The van der Waals surface area contributed by atoms with Crippen molar-refractivity contribution < 1.29 is 9.50 Å². The van der Waals surface area contributed by atoms with Crippen molar-refractivity contribution in [1.29, 1.82) is 0 Å². The zero-order chi connectivity index (χ0) is 10.5. The number of aliphatic hydroxyl groups is 1. The fourth-order valence-electron chi connectivity index (χ4n) is 3.22. The molecule has 0 aromatic carbocycles. The molecule has 1 fully saturated rings. The maximum atomic E-state index is 12.8. The highest BCUT2D eigenvalue weighted by Crippen LogP contribution is 2.74. The van der Waals surface area contributed by atoms with Crippen molar-refractivity contribution in [3.63, 3.8) is 0 Å². The van der Waals surface area contributed by atoms with Crippen LogP contribution in [0.1, 0.15) is 27.7 Å². The van der Waals surface area contributed by atoms with E-state index in [1.165, 1.54) is 0 Å². The van der Waals surface area contributed by atoms with Crippen LogP contribution < -0.4 is 0 Å². The summed E-state index contributed by atoms with van der Waals surface area (Å²) in [6.07, 6.45) is 0. The molecule has 0 aromatic heterocycles. The van der Waals surface area contributed by atoms with Gasteiger partial charge in [-0.2, -0.15) is 0 Å². The van der Waals surface area contributed by atoms with Gasteiger partial charge in [0.15, 0.2) is 0 Å². The Morgan fingerprint density at radius 1 is 1.31 bits per heavy atom. The van der Waals surface area contributed by atoms with E-state index in [1.807, 2.05) is 0 Å². The minimum atomic E-state index is -0.282. The van der Waals surface area contributed by atoms with Crippen LogP contribution in [0.3, 0.4) is 0 Å². The van der Waals surface area contributed by atoms with Crippen molar-refractivity contribution in [1.82, 2.24) is 0 Å². The molecule has 0 bridgehead atoms. The van der Waals surface area contributed by atoms with Crippen molar-refractivity contribution in [2.75, 3.05) is 13.3 Å². The molecule has 1 N–H and O–H groups in total. The van der Waals surface area contributed by atoms with Crippen LogP contribution in [0.25, 0.3) is 0 Å². The second kappa shape index (κ2) is 2.72. The molecule has 0 radical (unpaired) electrons. The number of rotatable bonds is 2. The van der Waals surface area contributed by atoms with Gasteiger partial charge in [-0.3, -0.25) is 4.39 Å². The zero-order valence-corrected chi connectivity index (χ0v) is 9.32. The largest absolute Gasteiger partial charge is 0.396 e. The van der Waals surface area contributed by atoms with Gasteiger partial charge >= 0.3 is 0 Å². The summed E-state index contributed by atoms with van der Waals surface area (Å²) in [6, 6.07) is 0. The van der Waals surface area contributed by atoms with Crippen molar-refractivity contribution in [3.8, 4) is 0 Å². The maximum Gasteiger partial charge on any atom is 0.110 e. The van der Waals surface area contributed by atoms with Crippen LogP contribution in [0.2, 0.25) is 5.31 Å². The molecule has 0 heterocycles. The number of hydrogen-bond acceptors (Lipinski definition) is 1. The molecule has 0 saturated heterocycles. The van der Waals surface area contributed by atoms with E-state index in [-0.39, 0.29) is 35.3 Å². The summed E-state index contributed by atoms with van der Waals surface area (Å²) < 4.78 is 12.8. The molecule has 1 saturated carbocycles. The number of hydrogen-bond donors (Lipinski definition) is 1. The van der Waals surface area contributed by atoms with Crippen LogP contribution in [0, 0.1) is 16.7 Å². The third-order valence-corrected chi connectivity index (χ3v) is 5.06. The van der Waals surface area contributed by atoms with Gasteiger partial charge in [0.25, 0.3) is 0 Å². The van der Waals surface area contributed by atoms with E-state index in [4.69, 9.17) is 0 Å². The van der Waals surface area contributed by atoms with Crippen LogP contribution in [0.5, 0.6) is 0 Å². The van der Waals surface area contributed by atoms with Crippen LogP contribution in [-0.2, 0) is 0 Å². The number of alkyl halides is 1. The molecule has 1 aliphatic carbocycles. The van der Waals surface area contributed by atoms with Gasteiger partial charge in [-0.1, -0.05) is 27.7 Å². The second-order valence-corrected chi connectivity index (χ2v) is 5.64. The van der Waals surface area contributed by atoms with Gasteiger partial charge in [0.05, 0.1) is 6.67 Å². The Kier molecular flexibility index (Phi) is 2.31. The Bertz CT molecular complexity index is 197. The SMILES string of the molecule is BC1(C)C(CF)C(C)(C)C1(C)CO. The molecule has 1 rings (SSSR count). The first-order valence-corrected chi connectivity index (χ1v) is 4.92. The van der Waals surface area contributed by atoms with Crippen molar-refractivity contribution in [2.24, 2.45) is 16.7 Å². The van der Waals surface area contributed by atoms with Crippen LogP contribution in [0.15, 0.2) is 0 Å². The normalized spacial score (nSPS) is 48.6. The van der Waals surface area contributed by atoms with Crippen molar-refractivity contribution >= 4 is 7.85 Å². The summed E-state index contributed by atoms with van der Waals surface area (Å²) in [5.41, 5.74) is -0.253. The number of halogens is 1. The highest BCUT2D eigenvalue weighted by Gasteiger charge is 2.68. The van der Waals surface area contributed by atoms with Gasteiger partial charge in [0, 0.05) is 6.61 Å². The molecule has 0 aromatic rings. The zero-order valence-electron chi connectivity index (χ0n) is 9.32. The summed E-state index contributed by atoms with van der Waals surface area (Å²) in [7, 11) is 2.05. The quantitative estimate of drug-likeness (QED) is 0.646. The van der Waals surface area contributed by atoms with Gasteiger partial charge in [0.2, 0.25) is 0 Å². The van der Waals surface area contributed by atoms with Gasteiger partial charge in [-0.25, -0.2) is 0 Å². The molecule has 3 heteroatoms. The Morgan fingerprint density at radius 3 is 2.00 bits per heavy atom. The van der Waals surface area contributed by atoms with Crippen molar-refractivity contribution in [2.45, 2.75) is 33.0 Å². The van der Waals surface area contributed by atoms with E-state index in [2.05, 4.69) is 35.5 Å². The molecule has 0 aliphatic heterocycles. The third-order valence-electron chi connectivity index (χ3n) is 5.06. The molecule has 1 nitrogen and oxygen atoms in total.